The highest BCUT2D eigenvalue weighted by Gasteiger charge is 2.15. The Kier molecular flexibility index (Phi) is 5.68. The van der Waals surface area contributed by atoms with Gasteiger partial charge in [0.25, 0.3) is 0 Å². The molecule has 5 heteroatoms. The second-order valence-corrected chi connectivity index (χ2v) is 5.70. The molecular weight excluding hydrogens is 304 g/mol. The normalized spacial score (nSPS) is 9.90. The molecule has 0 aromatic heterocycles. The second-order valence-electron chi connectivity index (χ2n) is 4.22. The van der Waals surface area contributed by atoms with Crippen LogP contribution in [0.4, 0.5) is 5.69 Å². The quantitative estimate of drug-likeness (QED) is 0.619. The summed E-state index contributed by atoms with van der Waals surface area (Å²) < 4.78 is 0. The largest absolute Gasteiger partial charge is 0.298 e. The van der Waals surface area contributed by atoms with Crippen molar-refractivity contribution in [2.24, 2.45) is 0 Å². The maximum atomic E-state index is 12.3. The number of amides is 1. The molecule has 0 bridgehead atoms. The fraction of sp³-hybridized carbons (Fsp3) is 0.125. The fourth-order valence-electron chi connectivity index (χ4n) is 1.76. The van der Waals surface area contributed by atoms with Crippen molar-refractivity contribution >= 4 is 35.0 Å². The van der Waals surface area contributed by atoms with Gasteiger partial charge in [-0.25, -0.2) is 0 Å². The summed E-state index contributed by atoms with van der Waals surface area (Å²) in [7, 11) is 0. The van der Waals surface area contributed by atoms with E-state index in [1.165, 1.54) is 16.7 Å². The van der Waals surface area contributed by atoms with E-state index in [9.17, 15) is 4.79 Å². The molecule has 1 amide bonds. The van der Waals surface area contributed by atoms with Gasteiger partial charge >= 0.3 is 0 Å². The lowest BCUT2D eigenvalue weighted by Crippen LogP contribution is -2.32. The van der Waals surface area contributed by atoms with E-state index in [1.54, 1.807) is 12.1 Å². The molecule has 0 aliphatic heterocycles. The van der Waals surface area contributed by atoms with Gasteiger partial charge in [0.05, 0.1) is 11.8 Å². The van der Waals surface area contributed by atoms with E-state index in [0.29, 0.717) is 5.02 Å². The number of carbonyl (C=O) groups excluding carboxylic acids is 1. The van der Waals surface area contributed by atoms with Gasteiger partial charge in [-0.2, -0.15) is 5.26 Å². The van der Waals surface area contributed by atoms with Crippen LogP contribution in [0.25, 0.3) is 0 Å². The van der Waals surface area contributed by atoms with Crippen LogP contribution in [0.2, 0.25) is 5.02 Å². The number of halogens is 1. The van der Waals surface area contributed by atoms with Gasteiger partial charge in [0.1, 0.15) is 6.54 Å². The number of thioether (sulfide) groups is 1. The zero-order valence-corrected chi connectivity index (χ0v) is 12.8. The number of rotatable bonds is 5. The third-order valence-electron chi connectivity index (χ3n) is 2.77. The second kappa shape index (κ2) is 7.72. The van der Waals surface area contributed by atoms with Crippen molar-refractivity contribution in [1.29, 1.82) is 5.26 Å². The molecule has 0 spiro atoms. The first-order valence-electron chi connectivity index (χ1n) is 6.31. The highest BCUT2D eigenvalue weighted by atomic mass is 35.5. The number of hydrogen-bond acceptors (Lipinski definition) is 3. The third kappa shape index (κ3) is 4.52. The molecule has 0 heterocycles. The minimum absolute atomic E-state index is 0.0457. The Morgan fingerprint density at radius 1 is 1.14 bits per heavy atom. The number of carbonyl (C=O) groups is 1. The summed E-state index contributed by atoms with van der Waals surface area (Å²) in [5.74, 6) is 0.181. The zero-order chi connectivity index (χ0) is 15.1. The molecule has 0 aliphatic carbocycles. The molecule has 0 aliphatic rings. The molecule has 0 saturated carbocycles. The van der Waals surface area contributed by atoms with Crippen molar-refractivity contribution in [3.8, 4) is 6.07 Å². The Bertz CT molecular complexity index is 638. The standard InChI is InChI=1S/C16H13ClN2OS/c17-13-6-8-15(9-7-13)21-12-16(20)19(11-10-18)14-4-2-1-3-5-14/h1-9H,11-12H2. The van der Waals surface area contributed by atoms with Crippen molar-refractivity contribution in [2.45, 2.75) is 4.90 Å². The van der Waals surface area contributed by atoms with Crippen LogP contribution in [0, 0.1) is 11.3 Å². The van der Waals surface area contributed by atoms with E-state index >= 15 is 0 Å². The van der Waals surface area contributed by atoms with E-state index in [1.807, 2.05) is 48.5 Å². The Morgan fingerprint density at radius 3 is 2.43 bits per heavy atom. The summed E-state index contributed by atoms with van der Waals surface area (Å²) >= 11 is 7.25. The van der Waals surface area contributed by atoms with Crippen molar-refractivity contribution in [2.75, 3.05) is 17.2 Å². The summed E-state index contributed by atoms with van der Waals surface area (Å²) in [4.78, 5) is 14.8. The fourth-order valence-corrected chi connectivity index (χ4v) is 2.66. The Hall–Kier alpha value is -1.96. The average Bonchev–Trinajstić information content (AvgIpc) is 2.52. The number of nitrogens with zero attached hydrogens (tertiary/aromatic N) is 2. The molecule has 0 unspecified atom stereocenters. The molecule has 0 radical (unpaired) electrons. The molecule has 0 fully saturated rings. The van der Waals surface area contributed by atoms with Crippen LogP contribution in [-0.2, 0) is 4.79 Å². The molecule has 0 N–H and O–H groups in total. The molecule has 2 aromatic carbocycles. The van der Waals surface area contributed by atoms with Crippen LogP contribution in [0.15, 0.2) is 59.5 Å². The number of nitriles is 1. The highest BCUT2D eigenvalue weighted by molar-refractivity contribution is 8.00. The Morgan fingerprint density at radius 2 is 1.81 bits per heavy atom. The minimum atomic E-state index is -0.0947. The average molecular weight is 317 g/mol. The lowest BCUT2D eigenvalue weighted by molar-refractivity contribution is -0.116. The van der Waals surface area contributed by atoms with Gasteiger partial charge in [-0.15, -0.1) is 11.8 Å². The molecule has 2 rings (SSSR count). The van der Waals surface area contributed by atoms with Gasteiger partial charge in [0, 0.05) is 15.6 Å². The van der Waals surface area contributed by atoms with Crippen LogP contribution >= 0.6 is 23.4 Å². The highest BCUT2D eigenvalue weighted by Crippen LogP contribution is 2.22. The smallest absolute Gasteiger partial charge is 0.238 e. The van der Waals surface area contributed by atoms with Gasteiger partial charge in [-0.3, -0.25) is 9.69 Å². The first kappa shape index (κ1) is 15.4. The molecule has 21 heavy (non-hydrogen) atoms. The van der Waals surface area contributed by atoms with E-state index in [4.69, 9.17) is 16.9 Å². The Balaban J connectivity index is 2.02. The SMILES string of the molecule is N#CCN(C(=O)CSc1ccc(Cl)cc1)c1ccccc1. The molecule has 2 aromatic rings. The van der Waals surface area contributed by atoms with Crippen molar-refractivity contribution < 1.29 is 4.79 Å². The summed E-state index contributed by atoms with van der Waals surface area (Å²) in [5.41, 5.74) is 0.737. The maximum Gasteiger partial charge on any atom is 0.238 e. The molecule has 0 atom stereocenters. The molecular formula is C16H13ClN2OS. The van der Waals surface area contributed by atoms with Gasteiger partial charge < -0.3 is 0 Å². The van der Waals surface area contributed by atoms with Crippen molar-refractivity contribution in [1.82, 2.24) is 0 Å². The zero-order valence-electron chi connectivity index (χ0n) is 11.2. The molecule has 0 saturated heterocycles. The summed E-state index contributed by atoms with van der Waals surface area (Å²) in [6.45, 7) is 0.0457. The summed E-state index contributed by atoms with van der Waals surface area (Å²) in [6, 6.07) is 18.6. The van der Waals surface area contributed by atoms with E-state index in [-0.39, 0.29) is 18.2 Å². The summed E-state index contributed by atoms with van der Waals surface area (Å²) in [5, 5.41) is 9.56. The monoisotopic (exact) mass is 316 g/mol. The predicted octanol–water partition coefficient (Wildman–Crippen LogP) is 3.99. The van der Waals surface area contributed by atoms with Gasteiger partial charge in [-0.1, -0.05) is 29.8 Å². The molecule has 106 valence electrons. The van der Waals surface area contributed by atoms with Crippen LogP contribution in [0.3, 0.4) is 0 Å². The first-order valence-corrected chi connectivity index (χ1v) is 7.68. The number of benzene rings is 2. The van der Waals surface area contributed by atoms with E-state index in [2.05, 4.69) is 0 Å². The third-order valence-corrected chi connectivity index (χ3v) is 4.02. The van der Waals surface area contributed by atoms with E-state index < -0.39 is 0 Å². The van der Waals surface area contributed by atoms with Crippen molar-refractivity contribution in [3.63, 3.8) is 0 Å². The van der Waals surface area contributed by atoms with Gasteiger partial charge in [-0.05, 0) is 36.4 Å². The Labute approximate surface area is 133 Å². The number of para-hydroxylation sites is 1. The topological polar surface area (TPSA) is 44.1 Å². The minimum Gasteiger partial charge on any atom is -0.298 e. The van der Waals surface area contributed by atoms with Crippen LogP contribution in [-0.4, -0.2) is 18.2 Å². The van der Waals surface area contributed by atoms with Gasteiger partial charge in [0.2, 0.25) is 5.91 Å². The number of hydrogen-bond donors (Lipinski definition) is 0. The van der Waals surface area contributed by atoms with Crippen LogP contribution < -0.4 is 4.90 Å². The van der Waals surface area contributed by atoms with Crippen molar-refractivity contribution in [3.05, 3.63) is 59.6 Å². The lowest BCUT2D eigenvalue weighted by Gasteiger charge is -2.19. The lowest BCUT2D eigenvalue weighted by atomic mass is 10.3. The number of anilines is 1. The predicted molar refractivity (Wildman–Crippen MR) is 86.6 cm³/mol. The van der Waals surface area contributed by atoms with Crippen LogP contribution in [0.5, 0.6) is 0 Å². The molecule has 3 nitrogen and oxygen atoms in total. The maximum absolute atomic E-state index is 12.3. The van der Waals surface area contributed by atoms with E-state index in [0.717, 1.165) is 10.6 Å². The first-order chi connectivity index (χ1) is 10.2. The van der Waals surface area contributed by atoms with Gasteiger partial charge in [0.15, 0.2) is 0 Å². The summed E-state index contributed by atoms with van der Waals surface area (Å²) in [6.07, 6.45) is 0. The van der Waals surface area contributed by atoms with Crippen LogP contribution in [0.1, 0.15) is 0 Å².